The predicted octanol–water partition coefficient (Wildman–Crippen LogP) is -3.33. The van der Waals surface area contributed by atoms with E-state index in [-0.39, 0.29) is 6.61 Å². The van der Waals surface area contributed by atoms with E-state index in [1.54, 1.807) is 0 Å². The number of unbranched alkanes of at least 4 members (excludes halogenated alkanes) is 1. The smallest absolute Gasteiger partial charge is 0.0777 e. The average Bonchev–Trinajstić information content (AvgIpc) is 1.95. The maximum absolute atomic E-state index is 8.60. The lowest BCUT2D eigenvalue weighted by Crippen LogP contribution is -2.58. The van der Waals surface area contributed by atoms with Crippen molar-refractivity contribution in [3.8, 4) is 0 Å². The molecule has 0 bridgehead atoms. The Labute approximate surface area is 79.1 Å². The van der Waals surface area contributed by atoms with Crippen LogP contribution in [0.2, 0.25) is 0 Å². The highest BCUT2D eigenvalue weighted by Gasteiger charge is 1.98. The van der Waals surface area contributed by atoms with Crippen LogP contribution in [0.4, 0.5) is 0 Å². The molecule has 0 rings (SSSR count). The van der Waals surface area contributed by atoms with Crippen LogP contribution in [0, 0.1) is 10.2 Å². The molecule has 7 heteroatoms. The quantitative estimate of drug-likeness (QED) is 0.466. The molecule has 6 nitrogen and oxygen atoms in total. The van der Waals surface area contributed by atoms with Crippen molar-refractivity contribution in [2.45, 2.75) is 19.8 Å². The van der Waals surface area contributed by atoms with Crippen LogP contribution in [0.5, 0.6) is 0 Å². The topological polar surface area (TPSA) is 119 Å². The number of halogens is 1. The van der Waals surface area contributed by atoms with Crippen LogP contribution in [0.1, 0.15) is 19.8 Å². The van der Waals surface area contributed by atoms with Crippen molar-refractivity contribution in [2.75, 3.05) is 19.8 Å². The molecule has 82 valence electrons. The lowest BCUT2D eigenvalue weighted by Gasteiger charge is -2.03. The molecule has 2 N–H and O–H groups in total. The molecule has 13 heavy (non-hydrogen) atoms. The van der Waals surface area contributed by atoms with E-state index in [2.05, 4.69) is 6.92 Å². The van der Waals surface area contributed by atoms with E-state index in [1.807, 2.05) is 0 Å². The minimum absolute atomic E-state index is 0.143. The van der Waals surface area contributed by atoms with Gasteiger partial charge in [0, 0.05) is 6.61 Å². The summed E-state index contributed by atoms with van der Waals surface area (Å²) in [5, 5.41) is 8.24. The fraction of sp³-hybridized carbons (Fsp3) is 1.00. The van der Waals surface area contributed by atoms with Gasteiger partial charge < -0.3 is 9.84 Å². The standard InChI is InChI=1S/C6H14O2.ClHO4/c1-2-3-5-8-6-4-7;2-1(3,4)5/h7H,2-6H2,1H3;(H,2,3,4,5). The first-order valence-corrected chi connectivity index (χ1v) is 5.00. The Hall–Kier alpha value is 0.0500. The van der Waals surface area contributed by atoms with Gasteiger partial charge in [0.25, 0.3) is 0 Å². The molecule has 0 unspecified atom stereocenters. The van der Waals surface area contributed by atoms with E-state index < -0.39 is 10.2 Å². The third kappa shape index (κ3) is 47.7. The van der Waals surface area contributed by atoms with Gasteiger partial charge in [-0.1, -0.05) is 13.3 Å². The monoisotopic (exact) mass is 218 g/mol. The molecule has 0 radical (unpaired) electrons. The molecular formula is C6H15ClO6. The summed E-state index contributed by atoms with van der Waals surface area (Å²) in [4.78, 5) is 0. The van der Waals surface area contributed by atoms with Crippen molar-refractivity contribution in [2.24, 2.45) is 0 Å². The Kier molecular flexibility index (Phi) is 12.1. The maximum Gasteiger partial charge on any atom is 0.0777 e. The van der Waals surface area contributed by atoms with Crippen molar-refractivity contribution >= 4 is 0 Å². The highest BCUT2D eigenvalue weighted by atomic mass is 35.7. The first-order valence-electron chi connectivity index (χ1n) is 3.73. The van der Waals surface area contributed by atoms with Crippen LogP contribution in [-0.4, -0.2) is 29.6 Å². The second-order valence-electron chi connectivity index (χ2n) is 2.09. The van der Waals surface area contributed by atoms with Gasteiger partial charge in [-0.15, -0.1) is 0 Å². The number of hydrogen-bond acceptors (Lipinski definition) is 6. The molecule has 0 aromatic carbocycles. The van der Waals surface area contributed by atoms with E-state index in [1.165, 1.54) is 0 Å². The van der Waals surface area contributed by atoms with Gasteiger partial charge in [-0.3, -0.25) is 0 Å². The van der Waals surface area contributed by atoms with Gasteiger partial charge in [0.05, 0.1) is 28.1 Å². The Morgan fingerprint density at radius 3 is 2.00 bits per heavy atom. The van der Waals surface area contributed by atoms with Crippen LogP contribution in [0.15, 0.2) is 0 Å². The van der Waals surface area contributed by atoms with Gasteiger partial charge in [0.15, 0.2) is 0 Å². The molecule has 0 saturated heterocycles. The van der Waals surface area contributed by atoms with Crippen molar-refractivity contribution in [3.05, 3.63) is 0 Å². The molecule has 0 aliphatic heterocycles. The highest BCUT2D eigenvalue weighted by Crippen LogP contribution is 1.85. The first kappa shape index (κ1) is 15.5. The third-order valence-electron chi connectivity index (χ3n) is 0.878. The molecule has 0 aromatic rings. The molecular weight excluding hydrogens is 204 g/mol. The van der Waals surface area contributed by atoms with Gasteiger partial charge in [-0.2, -0.15) is 14.0 Å². The van der Waals surface area contributed by atoms with Gasteiger partial charge in [0.2, 0.25) is 0 Å². The maximum atomic E-state index is 8.60. The highest BCUT2D eigenvalue weighted by molar-refractivity contribution is 4.30. The van der Waals surface area contributed by atoms with E-state index in [0.717, 1.165) is 19.4 Å². The van der Waals surface area contributed by atoms with Crippen LogP contribution < -0.4 is 14.0 Å². The van der Waals surface area contributed by atoms with Gasteiger partial charge in [-0.05, 0) is 6.42 Å². The van der Waals surface area contributed by atoms with Gasteiger partial charge in [0.1, 0.15) is 0 Å². The Morgan fingerprint density at radius 2 is 1.69 bits per heavy atom. The van der Waals surface area contributed by atoms with Crippen molar-refractivity contribution < 1.29 is 38.7 Å². The lowest BCUT2D eigenvalue weighted by molar-refractivity contribution is -1.92. The van der Waals surface area contributed by atoms with Crippen LogP contribution >= 0.6 is 0 Å². The summed E-state index contributed by atoms with van der Waals surface area (Å²) in [6.45, 7) is 3.53. The Morgan fingerprint density at radius 1 is 1.23 bits per heavy atom. The second-order valence-corrected chi connectivity index (χ2v) is 2.88. The van der Waals surface area contributed by atoms with E-state index >= 15 is 0 Å². The molecule has 0 amide bonds. The van der Waals surface area contributed by atoms with E-state index in [4.69, 9.17) is 28.5 Å². The molecule has 0 spiro atoms. The Bertz CT molecular complexity index is 81.6. The van der Waals surface area contributed by atoms with Crippen molar-refractivity contribution in [1.29, 1.82) is 0 Å². The third-order valence-corrected chi connectivity index (χ3v) is 0.878. The van der Waals surface area contributed by atoms with Crippen molar-refractivity contribution in [3.63, 3.8) is 0 Å². The summed E-state index contributed by atoms with van der Waals surface area (Å²) in [6, 6.07) is 0. The molecule has 0 aromatic heterocycles. The largest absolute Gasteiger partial charge is 0.394 e. The summed E-state index contributed by atoms with van der Waals surface area (Å²) in [5.74, 6) is 0. The summed E-state index contributed by atoms with van der Waals surface area (Å²) in [5.41, 5.74) is 0. The van der Waals surface area contributed by atoms with Crippen LogP contribution in [0.25, 0.3) is 0 Å². The summed E-state index contributed by atoms with van der Waals surface area (Å²) < 4.78 is 37.7. The van der Waals surface area contributed by atoms with E-state index in [0.29, 0.717) is 6.61 Å². The number of hydrogen-bond donors (Lipinski definition) is 2. The molecule has 0 aliphatic rings. The number of ether oxygens (including phenoxy) is 1. The lowest BCUT2D eigenvalue weighted by atomic mass is 10.4. The minimum atomic E-state index is -4.69. The predicted molar refractivity (Wildman–Crippen MR) is 35.0 cm³/mol. The summed E-state index contributed by atoms with van der Waals surface area (Å²) >= 11 is 0. The molecule has 0 fully saturated rings. The first-order chi connectivity index (χ1) is 5.91. The van der Waals surface area contributed by atoms with Crippen LogP contribution in [-0.2, 0) is 4.74 Å². The zero-order chi connectivity index (χ0) is 10.7. The minimum Gasteiger partial charge on any atom is -0.394 e. The molecule has 0 saturated carbocycles. The normalized spacial score (nSPS) is 10.6. The Balaban J connectivity index is 0. The SMILES string of the molecule is CCCCOCCO.[O-][Cl+3]([O-])([O-])O. The second kappa shape index (κ2) is 10.1. The zero-order valence-corrected chi connectivity index (χ0v) is 8.20. The molecule has 0 atom stereocenters. The number of aliphatic hydroxyl groups is 1. The number of rotatable bonds is 5. The zero-order valence-electron chi connectivity index (χ0n) is 7.44. The fourth-order valence-corrected chi connectivity index (χ4v) is 0.413. The number of aliphatic hydroxyl groups excluding tert-OH is 1. The summed E-state index contributed by atoms with van der Waals surface area (Å²) in [6.07, 6.45) is 2.26. The molecule has 0 aliphatic carbocycles. The summed E-state index contributed by atoms with van der Waals surface area (Å²) in [7, 11) is -4.69. The van der Waals surface area contributed by atoms with Crippen LogP contribution in [0.3, 0.4) is 0 Å². The average molecular weight is 219 g/mol. The fourth-order valence-electron chi connectivity index (χ4n) is 0.413. The van der Waals surface area contributed by atoms with Gasteiger partial charge >= 0.3 is 0 Å². The van der Waals surface area contributed by atoms with E-state index in [9.17, 15) is 0 Å². The van der Waals surface area contributed by atoms with Crippen molar-refractivity contribution in [1.82, 2.24) is 0 Å². The van der Waals surface area contributed by atoms with Gasteiger partial charge in [-0.25, -0.2) is 0 Å². The molecule has 0 heterocycles.